The molecule has 1 aromatic rings. The van der Waals surface area contributed by atoms with E-state index in [1.54, 1.807) is 24.3 Å². The van der Waals surface area contributed by atoms with Gasteiger partial charge in [-0.3, -0.25) is 9.13 Å². The molecule has 4 N–H and O–H groups in total. The van der Waals surface area contributed by atoms with Crippen LogP contribution in [0.25, 0.3) is 0 Å². The van der Waals surface area contributed by atoms with Crippen LogP contribution in [0.4, 0.5) is 5.69 Å². The highest BCUT2D eigenvalue weighted by atomic mass is 32.1. The van der Waals surface area contributed by atoms with Crippen molar-refractivity contribution in [3.05, 3.63) is 29.8 Å². The number of aliphatic imine (C=N–C) groups is 1. The van der Waals surface area contributed by atoms with Gasteiger partial charge in [0.25, 0.3) is 0 Å². The molecule has 7 nitrogen and oxygen atoms in total. The lowest BCUT2D eigenvalue weighted by Gasteiger charge is -2.03. The number of rotatable bonds is 4. The zero-order valence-electron chi connectivity index (χ0n) is 9.63. The summed E-state index contributed by atoms with van der Waals surface area (Å²) in [6.07, 6.45) is 0.217. The number of hydrogen-bond acceptors (Lipinski definition) is 4. The summed E-state index contributed by atoms with van der Waals surface area (Å²) < 4.78 is 19.4. The van der Waals surface area contributed by atoms with E-state index in [0.29, 0.717) is 12.1 Å². The second-order valence-corrected chi connectivity index (χ2v) is 5.81. The van der Waals surface area contributed by atoms with Crippen molar-refractivity contribution >= 4 is 38.9 Å². The van der Waals surface area contributed by atoms with E-state index in [-0.39, 0.29) is 6.16 Å². The Morgan fingerprint density at radius 1 is 1.26 bits per heavy atom. The summed E-state index contributed by atoms with van der Waals surface area (Å²) >= 11 is 4.45. The van der Waals surface area contributed by atoms with E-state index in [2.05, 4.69) is 22.4 Å². The highest BCUT2D eigenvalue weighted by Crippen LogP contribution is 2.34. The topological polar surface area (TPSA) is 127 Å². The van der Waals surface area contributed by atoms with Crippen molar-refractivity contribution in [1.82, 2.24) is 0 Å². The molecule has 0 saturated carbocycles. The Labute approximate surface area is 115 Å². The van der Waals surface area contributed by atoms with Gasteiger partial charge in [-0.25, -0.2) is 0 Å². The van der Waals surface area contributed by atoms with Crippen molar-refractivity contribution in [2.24, 2.45) is 4.99 Å². The SMILES string of the molecule is O=P(O)(O)CCc1ccc(N=C=S)cc1.O=[PH](O)O. The third-order valence-corrected chi connectivity index (χ3v) is 2.70. The minimum atomic E-state index is -3.91. The van der Waals surface area contributed by atoms with E-state index in [1.807, 2.05) is 0 Å². The Hall–Kier alpha value is -0.680. The van der Waals surface area contributed by atoms with Crippen LogP contribution in [0.15, 0.2) is 29.3 Å². The van der Waals surface area contributed by atoms with E-state index < -0.39 is 15.9 Å². The molecule has 0 amide bonds. The van der Waals surface area contributed by atoms with Crippen LogP contribution in [-0.4, -0.2) is 30.9 Å². The average molecular weight is 325 g/mol. The smallest absolute Gasteiger partial charge is 0.325 e. The van der Waals surface area contributed by atoms with Gasteiger partial charge in [0.15, 0.2) is 0 Å². The molecule has 0 spiro atoms. The molecule has 19 heavy (non-hydrogen) atoms. The van der Waals surface area contributed by atoms with Crippen LogP contribution < -0.4 is 0 Å². The summed E-state index contributed by atoms with van der Waals surface area (Å²) in [7, 11) is -7.04. The first kappa shape index (κ1) is 18.3. The lowest BCUT2D eigenvalue weighted by atomic mass is 10.1. The molecular formula is C9H13NO6P2S. The maximum atomic E-state index is 10.6. The van der Waals surface area contributed by atoms with Crippen molar-refractivity contribution in [3.63, 3.8) is 0 Å². The van der Waals surface area contributed by atoms with Crippen molar-refractivity contribution in [1.29, 1.82) is 0 Å². The van der Waals surface area contributed by atoms with Gasteiger partial charge in [-0.2, -0.15) is 4.99 Å². The minimum Gasteiger partial charge on any atom is -0.326 e. The molecule has 0 unspecified atom stereocenters. The number of thiocarbonyl (C=S) groups is 1. The zero-order valence-corrected chi connectivity index (χ0v) is 12.3. The van der Waals surface area contributed by atoms with E-state index >= 15 is 0 Å². The van der Waals surface area contributed by atoms with Crippen LogP contribution in [0.3, 0.4) is 0 Å². The highest BCUT2D eigenvalue weighted by Gasteiger charge is 2.11. The number of hydrogen-bond donors (Lipinski definition) is 4. The summed E-state index contributed by atoms with van der Waals surface area (Å²) in [5, 5.41) is 2.24. The first-order chi connectivity index (χ1) is 8.74. The first-order valence-corrected chi connectivity index (χ1v) is 8.38. The summed E-state index contributed by atoms with van der Waals surface area (Å²) in [6.45, 7) is 0. The van der Waals surface area contributed by atoms with Gasteiger partial charge in [0, 0.05) is 0 Å². The van der Waals surface area contributed by atoms with Gasteiger partial charge in [-0.05, 0) is 36.3 Å². The van der Waals surface area contributed by atoms with Crippen LogP contribution in [-0.2, 0) is 15.6 Å². The van der Waals surface area contributed by atoms with Crippen molar-refractivity contribution < 1.29 is 28.7 Å². The molecule has 1 aromatic carbocycles. The Kier molecular flexibility index (Phi) is 8.93. The Balaban J connectivity index is 0.000000711. The van der Waals surface area contributed by atoms with Crippen LogP contribution >= 0.6 is 28.1 Å². The van der Waals surface area contributed by atoms with E-state index in [9.17, 15) is 4.57 Å². The summed E-state index contributed by atoms with van der Waals surface area (Å²) in [5.41, 5.74) is 1.55. The summed E-state index contributed by atoms with van der Waals surface area (Å²) in [5.74, 6) is 0. The molecule has 0 aromatic heterocycles. The lowest BCUT2D eigenvalue weighted by Crippen LogP contribution is -1.92. The summed E-state index contributed by atoms with van der Waals surface area (Å²) in [4.78, 5) is 35.5. The molecule has 1 rings (SSSR count). The normalized spacial score (nSPS) is 10.4. The molecule has 0 bridgehead atoms. The quantitative estimate of drug-likeness (QED) is 0.375. The fourth-order valence-electron chi connectivity index (χ4n) is 1.06. The van der Waals surface area contributed by atoms with Crippen molar-refractivity contribution in [2.45, 2.75) is 6.42 Å². The number of nitrogens with zero attached hydrogens (tertiary/aromatic N) is 1. The monoisotopic (exact) mass is 325 g/mol. The molecule has 106 valence electrons. The Morgan fingerprint density at radius 2 is 1.74 bits per heavy atom. The fourth-order valence-corrected chi connectivity index (χ4v) is 1.72. The second-order valence-electron chi connectivity index (χ2n) is 3.29. The predicted molar refractivity (Wildman–Crippen MR) is 75.2 cm³/mol. The first-order valence-electron chi connectivity index (χ1n) is 4.88. The van der Waals surface area contributed by atoms with Crippen molar-refractivity contribution in [3.8, 4) is 0 Å². The maximum absolute atomic E-state index is 10.6. The molecule has 0 aliphatic rings. The molecule has 0 aliphatic heterocycles. The van der Waals surface area contributed by atoms with Gasteiger partial charge < -0.3 is 19.6 Å². The third-order valence-electron chi connectivity index (χ3n) is 1.80. The Bertz CT molecular complexity index is 504. The Morgan fingerprint density at radius 3 is 2.11 bits per heavy atom. The van der Waals surface area contributed by atoms with Crippen LogP contribution in [0, 0.1) is 0 Å². The van der Waals surface area contributed by atoms with E-state index in [4.69, 9.17) is 24.1 Å². The molecule has 0 heterocycles. The van der Waals surface area contributed by atoms with Gasteiger partial charge in [0.05, 0.1) is 17.0 Å². The van der Waals surface area contributed by atoms with Gasteiger partial charge >= 0.3 is 15.9 Å². The van der Waals surface area contributed by atoms with Gasteiger partial charge in [0.2, 0.25) is 0 Å². The third kappa shape index (κ3) is 12.1. The fraction of sp³-hybridized carbons (Fsp3) is 0.222. The van der Waals surface area contributed by atoms with Crippen LogP contribution in [0.2, 0.25) is 0 Å². The maximum Gasteiger partial charge on any atom is 0.325 e. The lowest BCUT2D eigenvalue weighted by molar-refractivity contribution is 0.373. The molecule has 0 saturated heterocycles. The van der Waals surface area contributed by atoms with Gasteiger partial charge in [-0.1, -0.05) is 12.1 Å². The van der Waals surface area contributed by atoms with E-state index in [0.717, 1.165) is 5.56 Å². The number of benzene rings is 1. The van der Waals surface area contributed by atoms with Gasteiger partial charge in [-0.15, -0.1) is 0 Å². The second kappa shape index (κ2) is 9.26. The molecular weight excluding hydrogens is 312 g/mol. The molecule has 0 radical (unpaired) electrons. The van der Waals surface area contributed by atoms with Crippen molar-refractivity contribution in [2.75, 3.05) is 6.16 Å². The minimum absolute atomic E-state index is 0.136. The van der Waals surface area contributed by atoms with Gasteiger partial charge in [0.1, 0.15) is 0 Å². The van der Waals surface area contributed by atoms with Crippen LogP contribution in [0.1, 0.15) is 5.56 Å². The van der Waals surface area contributed by atoms with E-state index in [1.165, 1.54) is 0 Å². The highest BCUT2D eigenvalue weighted by molar-refractivity contribution is 7.78. The predicted octanol–water partition coefficient (Wildman–Crippen LogP) is 1.50. The zero-order chi connectivity index (χ0) is 14.9. The molecule has 0 aliphatic carbocycles. The average Bonchev–Trinajstić information content (AvgIpc) is 2.27. The number of aryl methyl sites for hydroxylation is 1. The number of isothiocyanates is 1. The largest absolute Gasteiger partial charge is 0.326 e. The summed E-state index contributed by atoms with van der Waals surface area (Å²) in [6, 6.07) is 6.99. The molecule has 0 fully saturated rings. The molecule has 10 heteroatoms. The molecule has 0 atom stereocenters. The van der Waals surface area contributed by atoms with Crippen LogP contribution in [0.5, 0.6) is 0 Å². The standard InChI is InChI=1S/C9H10NO3PS.H3O3P/c11-14(12,13)6-5-8-1-3-9(4-2-8)10-7-15;1-4(2)3/h1-4H,5-6H2,(H2,11,12,13);4H,(H2,1,2,3).